The highest BCUT2D eigenvalue weighted by atomic mass is 16.5. The van der Waals surface area contributed by atoms with Crippen LogP contribution in [0, 0.1) is 0 Å². The minimum atomic E-state index is 0.681. The molecule has 0 aromatic heterocycles. The first-order valence-electron chi connectivity index (χ1n) is 5.57. The van der Waals surface area contributed by atoms with Crippen molar-refractivity contribution in [2.45, 2.75) is 32.8 Å². The predicted molar refractivity (Wildman–Crippen MR) is 62.2 cm³/mol. The number of hydrogen-bond acceptors (Lipinski definition) is 2. The van der Waals surface area contributed by atoms with E-state index in [1.165, 1.54) is 18.4 Å². The van der Waals surface area contributed by atoms with E-state index in [0.717, 1.165) is 18.8 Å². The summed E-state index contributed by atoms with van der Waals surface area (Å²) in [4.78, 5) is 0. The molecule has 0 aliphatic heterocycles. The smallest absolute Gasteiger partial charge is 0.119 e. The summed E-state index contributed by atoms with van der Waals surface area (Å²) in [5.41, 5.74) is 1.17. The summed E-state index contributed by atoms with van der Waals surface area (Å²) < 4.78 is 10.7. The van der Waals surface area contributed by atoms with Crippen LogP contribution in [0.15, 0.2) is 24.3 Å². The molecule has 0 N–H and O–H groups in total. The van der Waals surface area contributed by atoms with Crippen LogP contribution < -0.4 is 4.74 Å². The zero-order chi connectivity index (χ0) is 10.9. The summed E-state index contributed by atoms with van der Waals surface area (Å²) >= 11 is 0. The molecule has 0 radical (unpaired) electrons. The van der Waals surface area contributed by atoms with Crippen molar-refractivity contribution in [1.82, 2.24) is 0 Å². The maximum atomic E-state index is 5.57. The minimum Gasteiger partial charge on any atom is -0.497 e. The lowest BCUT2D eigenvalue weighted by Gasteiger charge is -2.05. The van der Waals surface area contributed by atoms with Crippen LogP contribution in [0.2, 0.25) is 0 Å². The highest BCUT2D eigenvalue weighted by molar-refractivity contribution is 5.27. The van der Waals surface area contributed by atoms with Crippen molar-refractivity contribution in [1.29, 1.82) is 0 Å². The third kappa shape index (κ3) is 4.84. The van der Waals surface area contributed by atoms with Gasteiger partial charge in [-0.2, -0.15) is 0 Å². The van der Waals surface area contributed by atoms with E-state index in [1.807, 2.05) is 18.2 Å². The van der Waals surface area contributed by atoms with Gasteiger partial charge in [0.2, 0.25) is 0 Å². The molecule has 2 nitrogen and oxygen atoms in total. The van der Waals surface area contributed by atoms with Crippen LogP contribution in [0.4, 0.5) is 0 Å². The molecule has 1 aromatic rings. The Morgan fingerprint density at radius 1 is 1.20 bits per heavy atom. The minimum absolute atomic E-state index is 0.681. The standard InChI is InChI=1S/C13H20O2/c1-3-4-5-9-15-11-12-7-6-8-13(10-12)14-2/h6-8,10H,3-5,9,11H2,1-2H3. The first-order chi connectivity index (χ1) is 7.36. The second-order valence-corrected chi connectivity index (χ2v) is 3.61. The quantitative estimate of drug-likeness (QED) is 0.639. The SMILES string of the molecule is CCCCCOCc1cccc(OC)c1. The van der Waals surface area contributed by atoms with Crippen LogP contribution in [-0.2, 0) is 11.3 Å². The van der Waals surface area contributed by atoms with Gasteiger partial charge in [0, 0.05) is 6.61 Å². The molecule has 0 saturated heterocycles. The highest BCUT2D eigenvalue weighted by Crippen LogP contribution is 2.13. The topological polar surface area (TPSA) is 18.5 Å². The van der Waals surface area contributed by atoms with E-state index >= 15 is 0 Å². The van der Waals surface area contributed by atoms with Crippen molar-refractivity contribution < 1.29 is 9.47 Å². The van der Waals surface area contributed by atoms with Gasteiger partial charge in [0.15, 0.2) is 0 Å². The van der Waals surface area contributed by atoms with Gasteiger partial charge in [-0.3, -0.25) is 0 Å². The van der Waals surface area contributed by atoms with E-state index in [9.17, 15) is 0 Å². The van der Waals surface area contributed by atoms with Gasteiger partial charge in [0.05, 0.1) is 13.7 Å². The molecule has 15 heavy (non-hydrogen) atoms. The fraction of sp³-hybridized carbons (Fsp3) is 0.538. The van der Waals surface area contributed by atoms with Crippen molar-refractivity contribution in [3.63, 3.8) is 0 Å². The van der Waals surface area contributed by atoms with Gasteiger partial charge < -0.3 is 9.47 Å². The molecule has 0 aliphatic carbocycles. The molecular formula is C13H20O2. The molecule has 2 heteroatoms. The predicted octanol–water partition coefficient (Wildman–Crippen LogP) is 3.40. The van der Waals surface area contributed by atoms with Gasteiger partial charge in [-0.1, -0.05) is 31.9 Å². The Kier molecular flexibility index (Phi) is 5.86. The Morgan fingerprint density at radius 3 is 2.80 bits per heavy atom. The maximum Gasteiger partial charge on any atom is 0.119 e. The van der Waals surface area contributed by atoms with E-state index in [-0.39, 0.29) is 0 Å². The lowest BCUT2D eigenvalue weighted by molar-refractivity contribution is 0.117. The molecule has 0 fully saturated rings. The summed E-state index contributed by atoms with van der Waals surface area (Å²) in [6, 6.07) is 8.01. The number of hydrogen-bond donors (Lipinski definition) is 0. The second-order valence-electron chi connectivity index (χ2n) is 3.61. The monoisotopic (exact) mass is 208 g/mol. The Hall–Kier alpha value is -1.02. The Bertz CT molecular complexity index is 271. The zero-order valence-electron chi connectivity index (χ0n) is 9.66. The van der Waals surface area contributed by atoms with Gasteiger partial charge >= 0.3 is 0 Å². The largest absolute Gasteiger partial charge is 0.497 e. The summed E-state index contributed by atoms with van der Waals surface area (Å²) in [6.07, 6.45) is 3.64. The lowest BCUT2D eigenvalue weighted by atomic mass is 10.2. The molecular weight excluding hydrogens is 188 g/mol. The van der Waals surface area contributed by atoms with E-state index in [4.69, 9.17) is 9.47 Å². The number of benzene rings is 1. The van der Waals surface area contributed by atoms with Crippen LogP contribution in [0.1, 0.15) is 31.7 Å². The molecule has 1 aromatic carbocycles. The Balaban J connectivity index is 2.24. The van der Waals surface area contributed by atoms with Crippen LogP contribution in [0.3, 0.4) is 0 Å². The highest BCUT2D eigenvalue weighted by Gasteiger charge is 1.95. The lowest BCUT2D eigenvalue weighted by Crippen LogP contribution is -1.95. The Morgan fingerprint density at radius 2 is 2.07 bits per heavy atom. The summed E-state index contributed by atoms with van der Waals surface area (Å²) in [5.74, 6) is 0.893. The first-order valence-corrected chi connectivity index (χ1v) is 5.57. The van der Waals surface area contributed by atoms with E-state index in [1.54, 1.807) is 7.11 Å². The molecule has 0 heterocycles. The third-order valence-electron chi connectivity index (χ3n) is 2.30. The van der Waals surface area contributed by atoms with Gasteiger partial charge in [0.25, 0.3) is 0 Å². The average Bonchev–Trinajstić information content (AvgIpc) is 2.29. The third-order valence-corrected chi connectivity index (χ3v) is 2.30. The molecule has 0 spiro atoms. The normalized spacial score (nSPS) is 10.3. The van der Waals surface area contributed by atoms with Gasteiger partial charge in [-0.15, -0.1) is 0 Å². The number of rotatable bonds is 7. The fourth-order valence-corrected chi connectivity index (χ4v) is 1.41. The van der Waals surface area contributed by atoms with Crippen LogP contribution in [-0.4, -0.2) is 13.7 Å². The fourth-order valence-electron chi connectivity index (χ4n) is 1.41. The van der Waals surface area contributed by atoms with E-state index in [0.29, 0.717) is 6.61 Å². The molecule has 0 bridgehead atoms. The van der Waals surface area contributed by atoms with Gasteiger partial charge in [-0.05, 0) is 24.1 Å². The van der Waals surface area contributed by atoms with Crippen LogP contribution in [0.25, 0.3) is 0 Å². The van der Waals surface area contributed by atoms with E-state index in [2.05, 4.69) is 13.0 Å². The van der Waals surface area contributed by atoms with Crippen molar-refractivity contribution in [2.24, 2.45) is 0 Å². The van der Waals surface area contributed by atoms with E-state index < -0.39 is 0 Å². The Labute approximate surface area is 92.2 Å². The van der Waals surface area contributed by atoms with Crippen molar-refractivity contribution >= 4 is 0 Å². The molecule has 0 unspecified atom stereocenters. The van der Waals surface area contributed by atoms with Crippen LogP contribution >= 0.6 is 0 Å². The van der Waals surface area contributed by atoms with Crippen molar-refractivity contribution in [3.05, 3.63) is 29.8 Å². The molecule has 0 aliphatic rings. The molecule has 1 rings (SSSR count). The number of methoxy groups -OCH3 is 1. The molecule has 0 saturated carbocycles. The zero-order valence-corrected chi connectivity index (χ0v) is 9.66. The second kappa shape index (κ2) is 7.30. The number of ether oxygens (including phenoxy) is 2. The van der Waals surface area contributed by atoms with Crippen molar-refractivity contribution in [2.75, 3.05) is 13.7 Å². The van der Waals surface area contributed by atoms with Gasteiger partial charge in [0.1, 0.15) is 5.75 Å². The van der Waals surface area contributed by atoms with Crippen molar-refractivity contribution in [3.8, 4) is 5.75 Å². The maximum absolute atomic E-state index is 5.57. The molecule has 84 valence electrons. The average molecular weight is 208 g/mol. The molecule has 0 amide bonds. The summed E-state index contributed by atoms with van der Waals surface area (Å²) in [7, 11) is 1.68. The molecule has 0 atom stereocenters. The van der Waals surface area contributed by atoms with Crippen LogP contribution in [0.5, 0.6) is 5.75 Å². The first kappa shape index (κ1) is 12.1. The number of unbranched alkanes of at least 4 members (excludes halogenated alkanes) is 2. The summed E-state index contributed by atoms with van der Waals surface area (Å²) in [5, 5.41) is 0. The van der Waals surface area contributed by atoms with Gasteiger partial charge in [-0.25, -0.2) is 0 Å². The summed E-state index contributed by atoms with van der Waals surface area (Å²) in [6.45, 7) is 3.73.